The molecular formula is C43H50F3NO8. The highest BCUT2D eigenvalue weighted by molar-refractivity contribution is 5.90. The quantitative estimate of drug-likeness (QED) is 0.0887. The minimum Gasteiger partial charge on any atom is -0.491 e. The molecule has 4 aliphatic carbocycles. The molecule has 12 heteroatoms. The van der Waals surface area contributed by atoms with Crippen molar-refractivity contribution in [2.75, 3.05) is 19.7 Å². The normalized spacial score (nSPS) is 31.8. The van der Waals surface area contributed by atoms with Crippen LogP contribution in [0.2, 0.25) is 0 Å². The van der Waals surface area contributed by atoms with Crippen LogP contribution in [0.1, 0.15) is 87.3 Å². The number of nitrogens with zero attached hydrogens (tertiary/aromatic N) is 1. The zero-order valence-corrected chi connectivity index (χ0v) is 30.9. The van der Waals surface area contributed by atoms with E-state index in [2.05, 4.69) is 4.90 Å². The van der Waals surface area contributed by atoms with Crippen LogP contribution in [0.25, 0.3) is 0 Å². The van der Waals surface area contributed by atoms with E-state index in [1.807, 2.05) is 18.2 Å². The Morgan fingerprint density at radius 2 is 1.95 bits per heavy atom. The number of esters is 1. The maximum atomic E-state index is 13.4. The lowest BCUT2D eigenvalue weighted by atomic mass is 9.49. The number of likely N-dealkylation sites (tertiary alicyclic amines) is 1. The van der Waals surface area contributed by atoms with Crippen LogP contribution >= 0.6 is 0 Å². The molecule has 2 aliphatic heterocycles. The van der Waals surface area contributed by atoms with Gasteiger partial charge < -0.3 is 29.5 Å². The number of aliphatic hydroxyl groups is 3. The third-order valence-electron chi connectivity index (χ3n) is 13.1. The number of hydrogen-bond acceptors (Lipinski definition) is 9. The summed E-state index contributed by atoms with van der Waals surface area (Å²) in [5.74, 6) is 1.02. The second kappa shape index (κ2) is 15.0. The van der Waals surface area contributed by atoms with E-state index >= 15 is 0 Å². The maximum Gasteiger partial charge on any atom is 0.416 e. The summed E-state index contributed by atoms with van der Waals surface area (Å²) in [5.41, 5.74) is -0.789. The van der Waals surface area contributed by atoms with Gasteiger partial charge >= 0.3 is 12.1 Å². The average Bonchev–Trinajstić information content (AvgIpc) is 3.80. The largest absolute Gasteiger partial charge is 0.491 e. The SMILES string of the molecule is O=C(CCC/C=C\C[C@H]1CC[C@@H](O)[C@@H]1/C=C/[C@@H](O)COc1cccc(C(F)(F)F)c1)Oc1ccc2c3c1O[C@@H]1C(=O)CC[C@]4(O)[C@H](C2)N(CC2CC2)CC[C@@]314. The molecule has 2 bridgehead atoms. The third kappa shape index (κ3) is 7.24. The number of rotatable bonds is 14. The molecule has 1 saturated heterocycles. The topological polar surface area (TPSA) is 126 Å². The Morgan fingerprint density at radius 3 is 2.75 bits per heavy atom. The van der Waals surface area contributed by atoms with Crippen molar-refractivity contribution in [1.29, 1.82) is 0 Å². The highest BCUT2D eigenvalue weighted by Gasteiger charge is 2.73. The summed E-state index contributed by atoms with van der Waals surface area (Å²) in [4.78, 5) is 28.9. The molecule has 3 N–H and O–H groups in total. The number of halogens is 3. The van der Waals surface area contributed by atoms with Gasteiger partial charge in [0.05, 0.1) is 22.7 Å². The third-order valence-corrected chi connectivity index (χ3v) is 13.1. The van der Waals surface area contributed by atoms with Gasteiger partial charge in [-0.3, -0.25) is 14.5 Å². The molecule has 3 saturated carbocycles. The molecule has 1 spiro atoms. The first-order valence-electron chi connectivity index (χ1n) is 19.9. The molecule has 0 aromatic heterocycles. The van der Waals surface area contributed by atoms with Crippen LogP contribution in [-0.4, -0.2) is 81.6 Å². The van der Waals surface area contributed by atoms with Gasteiger partial charge in [0, 0.05) is 36.9 Å². The summed E-state index contributed by atoms with van der Waals surface area (Å²) in [5, 5.41) is 33.5. The molecule has 2 aromatic rings. The van der Waals surface area contributed by atoms with E-state index in [4.69, 9.17) is 14.2 Å². The number of aliphatic hydroxyl groups excluding tert-OH is 2. The predicted molar refractivity (Wildman–Crippen MR) is 196 cm³/mol. The Kier molecular flexibility index (Phi) is 10.4. The number of ketones is 1. The lowest BCUT2D eigenvalue weighted by Crippen LogP contribution is -2.76. The summed E-state index contributed by atoms with van der Waals surface area (Å²) in [6, 6.07) is 8.20. The Morgan fingerprint density at radius 1 is 1.11 bits per heavy atom. The highest BCUT2D eigenvalue weighted by atomic mass is 19.4. The molecule has 8 atom stereocenters. The van der Waals surface area contributed by atoms with E-state index in [0.29, 0.717) is 62.4 Å². The van der Waals surface area contributed by atoms with E-state index in [9.17, 15) is 38.1 Å². The van der Waals surface area contributed by atoms with Crippen LogP contribution in [0.4, 0.5) is 13.2 Å². The number of piperidine rings is 1. The van der Waals surface area contributed by atoms with Gasteiger partial charge in [-0.2, -0.15) is 13.2 Å². The average molecular weight is 766 g/mol. The molecule has 0 unspecified atom stereocenters. The number of ether oxygens (including phenoxy) is 3. The Balaban J connectivity index is 0.825. The monoisotopic (exact) mass is 765 g/mol. The number of unbranched alkanes of at least 4 members (excludes halogenated alkanes) is 1. The van der Waals surface area contributed by atoms with Gasteiger partial charge in [-0.25, -0.2) is 0 Å². The number of carbonyl (C=O) groups excluding carboxylic acids is 2. The summed E-state index contributed by atoms with van der Waals surface area (Å²) < 4.78 is 56.6. The first-order chi connectivity index (χ1) is 26.4. The molecule has 0 amide bonds. The van der Waals surface area contributed by atoms with Crippen molar-refractivity contribution in [2.45, 2.75) is 119 Å². The van der Waals surface area contributed by atoms with Crippen LogP contribution in [0.3, 0.4) is 0 Å². The van der Waals surface area contributed by atoms with Crippen molar-refractivity contribution < 1.29 is 52.3 Å². The van der Waals surface area contributed by atoms with E-state index in [-0.39, 0.29) is 48.9 Å². The minimum atomic E-state index is -4.49. The predicted octanol–water partition coefficient (Wildman–Crippen LogP) is 6.24. The Labute approximate surface area is 319 Å². The van der Waals surface area contributed by atoms with Gasteiger partial charge in [0.2, 0.25) is 0 Å². The number of carbonyl (C=O) groups is 2. The highest BCUT2D eigenvalue weighted by Crippen LogP contribution is 2.65. The fraction of sp³-hybridized carbons (Fsp3) is 0.581. The molecular weight excluding hydrogens is 715 g/mol. The minimum absolute atomic E-state index is 0.00120. The standard InChI is InChI=1S/C43H50F3NO8/c44-43(45,46)29-7-5-8-31(23-29)53-25-30(48)14-15-32-27(12-16-33(32)49)6-3-1-2-4-9-37(51)54-35-17-13-28-22-36-42(52)19-18-34(50)40-41(42,38(28)39(35)55-40)20-21-47(36)24-26-10-11-26/h1,3,5,7-8,13-15,17,23,26-27,30,32-33,36,40,48-49,52H,2,4,6,9-12,16,18-22,24-25H2/b3-1-,15-14+/t27-,30+,32+,33+,36-,40+,41+,42-/m0/s1. The summed E-state index contributed by atoms with van der Waals surface area (Å²) in [6.45, 7) is 1.57. The van der Waals surface area contributed by atoms with Crippen LogP contribution in [0.5, 0.6) is 17.2 Å². The number of alkyl halides is 3. The van der Waals surface area contributed by atoms with Gasteiger partial charge in [0.15, 0.2) is 23.4 Å². The first-order valence-corrected chi connectivity index (χ1v) is 19.9. The van der Waals surface area contributed by atoms with Gasteiger partial charge in [-0.15, -0.1) is 0 Å². The van der Waals surface area contributed by atoms with Crippen molar-refractivity contribution in [3.8, 4) is 17.2 Å². The number of benzene rings is 2. The van der Waals surface area contributed by atoms with Crippen LogP contribution in [0, 0.1) is 17.8 Å². The Hall–Kier alpha value is -3.71. The number of hydrogen-bond donors (Lipinski definition) is 3. The summed E-state index contributed by atoms with van der Waals surface area (Å²) in [6.07, 6.45) is 8.47. The van der Waals surface area contributed by atoms with Gasteiger partial charge in [-0.1, -0.05) is 36.4 Å². The van der Waals surface area contributed by atoms with Crippen LogP contribution < -0.4 is 14.2 Å². The molecule has 0 radical (unpaired) electrons. The van der Waals surface area contributed by atoms with Crippen LogP contribution in [0.15, 0.2) is 60.7 Å². The van der Waals surface area contributed by atoms with Gasteiger partial charge in [0.1, 0.15) is 18.5 Å². The van der Waals surface area contributed by atoms with Crippen molar-refractivity contribution in [3.63, 3.8) is 0 Å². The lowest BCUT2D eigenvalue weighted by Gasteiger charge is -2.62. The molecule has 9 nitrogen and oxygen atoms in total. The van der Waals surface area contributed by atoms with E-state index in [1.54, 1.807) is 12.1 Å². The molecule has 6 aliphatic rings. The second-order valence-corrected chi connectivity index (χ2v) is 16.5. The molecule has 8 rings (SSSR count). The fourth-order valence-electron chi connectivity index (χ4n) is 10.2. The fourth-order valence-corrected chi connectivity index (χ4v) is 10.2. The first kappa shape index (κ1) is 38.2. The lowest BCUT2D eigenvalue weighted by molar-refractivity contribution is -0.188. The second-order valence-electron chi connectivity index (χ2n) is 16.5. The number of allylic oxidation sites excluding steroid dienone is 2. The van der Waals surface area contributed by atoms with Crippen LogP contribution in [-0.2, 0) is 27.6 Å². The smallest absolute Gasteiger partial charge is 0.416 e. The van der Waals surface area contributed by atoms with Crippen molar-refractivity contribution >= 4 is 11.8 Å². The maximum absolute atomic E-state index is 13.4. The van der Waals surface area contributed by atoms with E-state index < -0.39 is 47.0 Å². The van der Waals surface area contributed by atoms with Crippen molar-refractivity contribution in [2.24, 2.45) is 17.8 Å². The van der Waals surface area contributed by atoms with Gasteiger partial charge in [-0.05, 0) is 112 Å². The summed E-state index contributed by atoms with van der Waals surface area (Å²) in [7, 11) is 0. The molecule has 2 aromatic carbocycles. The van der Waals surface area contributed by atoms with E-state index in [1.165, 1.54) is 31.1 Å². The Bertz CT molecular complexity index is 1840. The summed E-state index contributed by atoms with van der Waals surface area (Å²) >= 11 is 0. The molecule has 55 heavy (non-hydrogen) atoms. The molecule has 4 fully saturated rings. The molecule has 2 heterocycles. The molecule has 296 valence electrons. The van der Waals surface area contributed by atoms with E-state index in [0.717, 1.165) is 42.8 Å². The van der Waals surface area contributed by atoms with Gasteiger partial charge in [0.25, 0.3) is 0 Å². The zero-order valence-electron chi connectivity index (χ0n) is 30.9. The van der Waals surface area contributed by atoms with Crippen molar-refractivity contribution in [1.82, 2.24) is 4.90 Å². The number of Topliss-reactive ketones (excluding diaryl/α,β-unsaturated/α-hetero) is 1. The zero-order chi connectivity index (χ0) is 38.5. The van der Waals surface area contributed by atoms with Crippen molar-refractivity contribution in [3.05, 3.63) is 77.4 Å².